The van der Waals surface area contributed by atoms with E-state index in [1.807, 2.05) is 18.2 Å². The lowest BCUT2D eigenvalue weighted by Crippen LogP contribution is -2.31. The molecule has 1 aromatic heterocycles. The number of para-hydroxylation sites is 1. The third-order valence-corrected chi connectivity index (χ3v) is 6.62. The molecule has 10 heteroatoms. The van der Waals surface area contributed by atoms with Gasteiger partial charge in [-0.1, -0.05) is 41.9 Å². The highest BCUT2D eigenvalue weighted by Crippen LogP contribution is 2.26. The smallest absolute Gasteiger partial charge is 0.355 e. The van der Waals surface area contributed by atoms with Crippen molar-refractivity contribution >= 4 is 51.2 Å². The quantitative estimate of drug-likeness (QED) is 0.239. The maximum atomic E-state index is 13.6. The van der Waals surface area contributed by atoms with Crippen LogP contribution in [0.4, 0.5) is 0 Å². The summed E-state index contributed by atoms with van der Waals surface area (Å²) in [5.41, 5.74) is 7.44. The van der Waals surface area contributed by atoms with Gasteiger partial charge in [0, 0.05) is 39.3 Å². The van der Waals surface area contributed by atoms with Gasteiger partial charge in [-0.15, -0.1) is 0 Å². The Labute approximate surface area is 222 Å². The van der Waals surface area contributed by atoms with Gasteiger partial charge in [-0.2, -0.15) is 0 Å². The molecule has 8 nitrogen and oxygen atoms in total. The van der Waals surface area contributed by atoms with E-state index in [1.165, 1.54) is 13.3 Å². The second-order valence-corrected chi connectivity index (χ2v) is 9.00. The van der Waals surface area contributed by atoms with Crippen LogP contribution in [0.2, 0.25) is 5.02 Å². The number of rotatable bonds is 7. The Morgan fingerprint density at radius 1 is 1.05 bits per heavy atom. The average molecular weight is 535 g/mol. The number of carbonyl (C=O) groups excluding carboxylic acids is 2. The van der Waals surface area contributed by atoms with Crippen LogP contribution in [-0.4, -0.2) is 23.6 Å². The monoisotopic (exact) mass is 534 g/mol. The third-order valence-electron chi connectivity index (χ3n) is 5.76. The van der Waals surface area contributed by atoms with Crippen molar-refractivity contribution in [1.29, 1.82) is 0 Å². The minimum atomic E-state index is -0.725. The Morgan fingerprint density at radius 2 is 1.73 bits per heavy atom. The van der Waals surface area contributed by atoms with Crippen LogP contribution in [0.3, 0.4) is 0 Å². The molecule has 0 bridgehead atoms. The van der Waals surface area contributed by atoms with Gasteiger partial charge in [0.05, 0.1) is 18.2 Å². The van der Waals surface area contributed by atoms with E-state index in [1.54, 1.807) is 59.2 Å². The van der Waals surface area contributed by atoms with Gasteiger partial charge in [-0.3, -0.25) is 14.7 Å². The zero-order chi connectivity index (χ0) is 26.5. The van der Waals surface area contributed by atoms with Crippen molar-refractivity contribution in [3.8, 4) is 5.69 Å². The van der Waals surface area contributed by atoms with Crippen LogP contribution in [-0.2, 0) is 11.3 Å². The zero-order valence-electron chi connectivity index (χ0n) is 19.7. The predicted molar refractivity (Wildman–Crippen MR) is 147 cm³/mol. The molecule has 3 aromatic carbocycles. The number of hydrogen-bond acceptors (Lipinski definition) is 7. The lowest BCUT2D eigenvalue weighted by Gasteiger charge is -2.20. The first-order valence-corrected chi connectivity index (χ1v) is 12.3. The minimum absolute atomic E-state index is 0.00168. The number of esters is 1. The number of aromatic nitrogens is 1. The number of nitrogens with two attached hydrogens (primary N) is 2. The number of hydrogen-bond donors (Lipinski definition) is 3. The maximum absolute atomic E-state index is 13.6. The molecular formula is C27H23ClN4O4S. The minimum Gasteiger partial charge on any atom is -0.464 e. The lowest BCUT2D eigenvalue weighted by molar-refractivity contribution is 0.0589. The third kappa shape index (κ3) is 5.24. The van der Waals surface area contributed by atoms with E-state index in [9.17, 15) is 14.4 Å². The average Bonchev–Trinajstić information content (AvgIpc) is 2.93. The summed E-state index contributed by atoms with van der Waals surface area (Å²) in [6.07, 6.45) is 1.39. The molecule has 0 saturated carbocycles. The molecule has 188 valence electrons. The summed E-state index contributed by atoms with van der Waals surface area (Å²) in [5.74, 6) is -1.15. The molecular weight excluding hydrogens is 512 g/mol. The summed E-state index contributed by atoms with van der Waals surface area (Å²) in [4.78, 5) is 40.2. The molecule has 0 unspecified atom stereocenters. The maximum Gasteiger partial charge on any atom is 0.355 e. The van der Waals surface area contributed by atoms with Crippen molar-refractivity contribution < 1.29 is 14.3 Å². The molecule has 0 spiro atoms. The number of fused-ring (bicyclic) bond motifs is 1. The van der Waals surface area contributed by atoms with Gasteiger partial charge in [0.25, 0.3) is 5.91 Å². The normalized spacial score (nSPS) is 11.4. The van der Waals surface area contributed by atoms with E-state index in [0.717, 1.165) is 17.5 Å². The van der Waals surface area contributed by atoms with Crippen LogP contribution in [0, 0.1) is 0 Å². The molecule has 4 rings (SSSR count). The van der Waals surface area contributed by atoms with Crippen LogP contribution < -0.4 is 21.6 Å². The fourth-order valence-corrected chi connectivity index (χ4v) is 4.50. The molecule has 37 heavy (non-hydrogen) atoms. The summed E-state index contributed by atoms with van der Waals surface area (Å²) >= 11 is 7.25. The molecule has 4 aromatic rings. The number of nitrogens with zero attached hydrogens (tertiary/aromatic N) is 1. The Morgan fingerprint density at radius 3 is 2.35 bits per heavy atom. The number of methoxy groups -OCH3 is 1. The SMILES string of the molecule is COC(=O)c1c(CNC(=O)c2ccc(/C(=C/N)SN)cc2)c(=O)c2ccc(Cl)cc2n1-c1ccccc1. The van der Waals surface area contributed by atoms with Crippen LogP contribution in [0.5, 0.6) is 0 Å². The summed E-state index contributed by atoms with van der Waals surface area (Å²) in [6.45, 7) is -0.206. The molecule has 0 aliphatic rings. The highest BCUT2D eigenvalue weighted by molar-refractivity contribution is 8.06. The zero-order valence-corrected chi connectivity index (χ0v) is 21.3. The number of halogens is 1. The van der Waals surface area contributed by atoms with Crippen molar-refractivity contribution in [2.24, 2.45) is 10.9 Å². The van der Waals surface area contributed by atoms with Crippen molar-refractivity contribution in [1.82, 2.24) is 9.88 Å². The fraction of sp³-hybridized carbons (Fsp3) is 0.0741. The molecule has 1 amide bonds. The molecule has 5 N–H and O–H groups in total. The number of pyridine rings is 1. The van der Waals surface area contributed by atoms with Gasteiger partial charge in [-0.05, 0) is 60.0 Å². The van der Waals surface area contributed by atoms with E-state index < -0.39 is 17.3 Å². The van der Waals surface area contributed by atoms with E-state index in [2.05, 4.69) is 5.32 Å². The van der Waals surface area contributed by atoms with Crippen LogP contribution in [0.1, 0.15) is 32.0 Å². The molecule has 0 radical (unpaired) electrons. The lowest BCUT2D eigenvalue weighted by atomic mass is 10.1. The van der Waals surface area contributed by atoms with Crippen molar-refractivity contribution in [2.45, 2.75) is 6.54 Å². The van der Waals surface area contributed by atoms with Crippen LogP contribution in [0.15, 0.2) is 83.8 Å². The Balaban J connectivity index is 1.80. The Kier molecular flexibility index (Phi) is 7.98. The van der Waals surface area contributed by atoms with Crippen molar-refractivity contribution in [3.05, 3.63) is 117 Å². The summed E-state index contributed by atoms with van der Waals surface area (Å²) in [6, 6.07) is 20.5. The standard InChI is InChI=1S/C27H23ClN4O4S/c1-36-27(35)24-21(15-31-26(34)17-9-7-16(8-10-17)23(14-29)37-30)25(33)20-12-11-18(28)13-22(20)32(24)19-5-3-2-4-6-19/h2-14H,15,29-30H2,1H3,(H,31,34)/b23-14-. The van der Waals surface area contributed by atoms with Crippen LogP contribution in [0.25, 0.3) is 21.5 Å². The van der Waals surface area contributed by atoms with E-state index in [4.69, 9.17) is 27.2 Å². The second kappa shape index (κ2) is 11.3. The predicted octanol–water partition coefficient (Wildman–Crippen LogP) is 4.22. The molecule has 0 fully saturated rings. The number of benzene rings is 3. The fourth-order valence-electron chi connectivity index (χ4n) is 3.99. The Bertz CT molecular complexity index is 1570. The highest BCUT2D eigenvalue weighted by Gasteiger charge is 2.25. The second-order valence-electron chi connectivity index (χ2n) is 7.89. The van der Waals surface area contributed by atoms with Crippen molar-refractivity contribution in [2.75, 3.05) is 7.11 Å². The van der Waals surface area contributed by atoms with Gasteiger partial charge in [0.15, 0.2) is 5.43 Å². The molecule has 1 heterocycles. The van der Waals surface area contributed by atoms with Gasteiger partial charge < -0.3 is 20.4 Å². The first kappa shape index (κ1) is 26.0. The van der Waals surface area contributed by atoms with Crippen LogP contribution >= 0.6 is 23.5 Å². The van der Waals surface area contributed by atoms with E-state index in [-0.39, 0.29) is 17.8 Å². The number of ether oxygens (including phenoxy) is 1. The first-order valence-electron chi connectivity index (χ1n) is 11.1. The molecule has 0 saturated heterocycles. The Hall–Kier alpha value is -4.05. The summed E-state index contributed by atoms with van der Waals surface area (Å²) in [7, 11) is 1.23. The highest BCUT2D eigenvalue weighted by atomic mass is 35.5. The number of amides is 1. The van der Waals surface area contributed by atoms with E-state index >= 15 is 0 Å². The number of nitrogens with one attached hydrogen (secondary N) is 1. The molecule has 0 aliphatic carbocycles. The van der Waals surface area contributed by atoms with Gasteiger partial charge in [-0.25, -0.2) is 4.79 Å². The van der Waals surface area contributed by atoms with Gasteiger partial charge in [0.2, 0.25) is 0 Å². The molecule has 0 atom stereocenters. The van der Waals surface area contributed by atoms with Crippen molar-refractivity contribution in [3.63, 3.8) is 0 Å². The summed E-state index contributed by atoms with van der Waals surface area (Å²) in [5, 5.41) is 9.10. The van der Waals surface area contributed by atoms with Gasteiger partial charge >= 0.3 is 5.97 Å². The molecule has 0 aliphatic heterocycles. The van der Waals surface area contributed by atoms with Gasteiger partial charge in [0.1, 0.15) is 5.69 Å². The first-order chi connectivity index (χ1) is 17.9. The summed E-state index contributed by atoms with van der Waals surface area (Å²) < 4.78 is 6.67. The topological polar surface area (TPSA) is 129 Å². The largest absolute Gasteiger partial charge is 0.464 e. The van der Waals surface area contributed by atoms with E-state index in [0.29, 0.717) is 32.1 Å². The number of carbonyl (C=O) groups is 2.